The van der Waals surface area contributed by atoms with Gasteiger partial charge in [0.2, 0.25) is 5.91 Å². The van der Waals surface area contributed by atoms with Gasteiger partial charge in [0.1, 0.15) is 0 Å². The predicted molar refractivity (Wildman–Crippen MR) is 128 cm³/mol. The minimum absolute atomic E-state index is 0.383. The van der Waals surface area contributed by atoms with E-state index >= 15 is 0 Å². The Labute approximate surface area is 191 Å². The second-order valence-corrected chi connectivity index (χ2v) is 8.76. The van der Waals surface area contributed by atoms with Gasteiger partial charge >= 0.3 is 0 Å². The van der Waals surface area contributed by atoms with Crippen LogP contribution in [-0.2, 0) is 16.0 Å². The minimum atomic E-state index is -0.383. The number of ether oxygens (including phenoxy) is 2. The molecule has 2 fully saturated rings. The normalized spacial score (nSPS) is 17.9. The van der Waals surface area contributed by atoms with Crippen molar-refractivity contribution in [1.29, 1.82) is 0 Å². The summed E-state index contributed by atoms with van der Waals surface area (Å²) in [5.41, 5.74) is 11.8. The maximum absolute atomic E-state index is 12.0. The van der Waals surface area contributed by atoms with Crippen molar-refractivity contribution in [2.45, 2.75) is 39.3 Å². The van der Waals surface area contributed by atoms with Gasteiger partial charge in [-0.05, 0) is 55.5 Å². The van der Waals surface area contributed by atoms with Gasteiger partial charge in [0, 0.05) is 62.2 Å². The summed E-state index contributed by atoms with van der Waals surface area (Å²) in [4.78, 5) is 17.0. The third-order valence-electron chi connectivity index (χ3n) is 6.67. The predicted octanol–water partition coefficient (Wildman–Crippen LogP) is 3.60. The van der Waals surface area contributed by atoms with Crippen LogP contribution in [0.4, 0.5) is 5.69 Å². The number of primary amides is 1. The topological polar surface area (TPSA) is 68.0 Å². The molecule has 0 bridgehead atoms. The fourth-order valence-electron chi connectivity index (χ4n) is 4.85. The highest BCUT2D eigenvalue weighted by molar-refractivity contribution is 5.96. The van der Waals surface area contributed by atoms with E-state index in [2.05, 4.69) is 41.0 Å². The quantitative estimate of drug-likeness (QED) is 0.717. The van der Waals surface area contributed by atoms with E-state index in [1.807, 2.05) is 19.1 Å². The van der Waals surface area contributed by atoms with Crippen LogP contribution < -0.4 is 10.6 Å². The number of carbonyl (C=O) groups is 1. The molecular weight excluding hydrogens is 402 g/mol. The second-order valence-electron chi connectivity index (χ2n) is 8.76. The van der Waals surface area contributed by atoms with E-state index in [1.165, 1.54) is 11.3 Å². The summed E-state index contributed by atoms with van der Waals surface area (Å²) in [5, 5.41) is 0. The fourth-order valence-corrected chi connectivity index (χ4v) is 4.85. The van der Waals surface area contributed by atoms with Crippen molar-refractivity contribution in [3.63, 3.8) is 0 Å². The Bertz CT molecular complexity index is 934. The van der Waals surface area contributed by atoms with Crippen LogP contribution in [0, 0.1) is 6.92 Å². The first-order valence-electron chi connectivity index (χ1n) is 11.7. The van der Waals surface area contributed by atoms with Crippen LogP contribution in [0.15, 0.2) is 36.4 Å². The molecule has 172 valence electrons. The largest absolute Gasteiger partial charge is 0.381 e. The van der Waals surface area contributed by atoms with Crippen LogP contribution in [0.2, 0.25) is 0 Å². The molecule has 2 aliphatic heterocycles. The summed E-state index contributed by atoms with van der Waals surface area (Å²) in [7, 11) is 0. The lowest BCUT2D eigenvalue weighted by atomic mass is 9.95. The van der Waals surface area contributed by atoms with Gasteiger partial charge in [0.25, 0.3) is 0 Å². The lowest BCUT2D eigenvalue weighted by Gasteiger charge is -2.37. The van der Waals surface area contributed by atoms with Crippen LogP contribution in [0.25, 0.3) is 11.1 Å². The average molecular weight is 438 g/mol. The van der Waals surface area contributed by atoms with Gasteiger partial charge in [0.15, 0.2) is 0 Å². The number of carbonyl (C=O) groups excluding carboxylic acids is 1. The van der Waals surface area contributed by atoms with E-state index in [-0.39, 0.29) is 5.91 Å². The van der Waals surface area contributed by atoms with Crippen LogP contribution in [0.5, 0.6) is 0 Å². The molecule has 2 N–H and O–H groups in total. The summed E-state index contributed by atoms with van der Waals surface area (Å²) < 4.78 is 11.1. The van der Waals surface area contributed by atoms with Crippen molar-refractivity contribution in [3.05, 3.63) is 53.1 Å². The molecule has 6 nitrogen and oxygen atoms in total. The van der Waals surface area contributed by atoms with E-state index in [0.29, 0.717) is 11.6 Å². The number of nitrogens with zero attached hydrogens (tertiary/aromatic N) is 2. The summed E-state index contributed by atoms with van der Waals surface area (Å²) in [6.45, 7) is 11.1. The number of aryl methyl sites for hydroxylation is 1. The van der Waals surface area contributed by atoms with E-state index in [0.717, 1.165) is 82.1 Å². The van der Waals surface area contributed by atoms with E-state index in [4.69, 9.17) is 15.2 Å². The Hall–Kier alpha value is -2.41. The van der Waals surface area contributed by atoms with Crippen molar-refractivity contribution >= 4 is 11.6 Å². The molecule has 0 aromatic heterocycles. The Kier molecular flexibility index (Phi) is 7.45. The number of hydrogen-bond acceptors (Lipinski definition) is 5. The van der Waals surface area contributed by atoms with E-state index in [9.17, 15) is 4.79 Å². The Morgan fingerprint density at radius 2 is 1.78 bits per heavy atom. The van der Waals surface area contributed by atoms with Crippen molar-refractivity contribution in [3.8, 4) is 11.1 Å². The van der Waals surface area contributed by atoms with Crippen molar-refractivity contribution in [2.75, 3.05) is 51.0 Å². The fraction of sp³-hybridized carbons (Fsp3) is 0.500. The smallest absolute Gasteiger partial charge is 0.248 e. The Morgan fingerprint density at radius 3 is 2.47 bits per heavy atom. The molecule has 32 heavy (non-hydrogen) atoms. The van der Waals surface area contributed by atoms with Crippen LogP contribution >= 0.6 is 0 Å². The lowest BCUT2D eigenvalue weighted by Crippen LogP contribution is -2.40. The summed E-state index contributed by atoms with van der Waals surface area (Å²) in [6.07, 6.45) is 2.06. The molecule has 0 atom stereocenters. The first-order valence-corrected chi connectivity index (χ1v) is 11.7. The van der Waals surface area contributed by atoms with Crippen LogP contribution in [0.1, 0.15) is 41.3 Å². The zero-order valence-electron chi connectivity index (χ0n) is 19.3. The monoisotopic (exact) mass is 437 g/mol. The molecule has 4 rings (SSSR count). The lowest BCUT2D eigenvalue weighted by molar-refractivity contribution is 0.0342. The highest BCUT2D eigenvalue weighted by atomic mass is 16.5. The maximum atomic E-state index is 12.0. The molecule has 1 amide bonds. The maximum Gasteiger partial charge on any atom is 0.248 e. The second kappa shape index (κ2) is 10.5. The molecule has 0 radical (unpaired) electrons. The van der Waals surface area contributed by atoms with Crippen molar-refractivity contribution in [1.82, 2.24) is 4.90 Å². The zero-order chi connectivity index (χ0) is 22.5. The molecule has 2 aromatic rings. The number of morpholine rings is 1. The molecule has 2 saturated heterocycles. The number of nitrogens with two attached hydrogens (primary N) is 1. The van der Waals surface area contributed by atoms with Gasteiger partial charge in [-0.15, -0.1) is 0 Å². The molecule has 0 aliphatic carbocycles. The minimum Gasteiger partial charge on any atom is -0.381 e. The van der Waals surface area contributed by atoms with Gasteiger partial charge in [-0.25, -0.2) is 0 Å². The molecule has 2 aliphatic rings. The first kappa shape index (κ1) is 22.8. The van der Waals surface area contributed by atoms with Crippen LogP contribution in [0.3, 0.4) is 0 Å². The van der Waals surface area contributed by atoms with Crippen molar-refractivity contribution < 1.29 is 14.3 Å². The Morgan fingerprint density at radius 1 is 1.06 bits per heavy atom. The van der Waals surface area contributed by atoms with Crippen LogP contribution in [-0.4, -0.2) is 62.9 Å². The van der Waals surface area contributed by atoms with Gasteiger partial charge in [-0.2, -0.15) is 0 Å². The van der Waals surface area contributed by atoms with Crippen molar-refractivity contribution in [2.24, 2.45) is 5.73 Å². The number of anilines is 1. The van der Waals surface area contributed by atoms with Gasteiger partial charge < -0.3 is 20.1 Å². The highest BCUT2D eigenvalue weighted by Gasteiger charge is 2.24. The first-order chi connectivity index (χ1) is 15.6. The molecule has 0 saturated carbocycles. The van der Waals surface area contributed by atoms with Gasteiger partial charge in [0.05, 0.1) is 13.2 Å². The SMILES string of the molecule is CCN(c1cc(CN2CCOCC2)ccc1-c1ccc(C)c(C(N)=O)c1)C1CCOCC1. The molecular formula is C26H35N3O3. The third kappa shape index (κ3) is 5.14. The molecule has 0 unspecified atom stereocenters. The van der Waals surface area contributed by atoms with Gasteiger partial charge in [-0.1, -0.05) is 24.3 Å². The number of benzene rings is 2. The number of amides is 1. The standard InChI is InChI=1S/C26H35N3O3/c1-3-29(22-8-12-31-13-9-22)25-16-20(18-28-10-14-32-15-11-28)5-7-23(25)21-6-4-19(2)24(17-21)26(27)30/h4-7,16-17,22H,3,8-15,18H2,1-2H3,(H2,27,30). The Balaban J connectivity index is 1.74. The molecule has 6 heteroatoms. The van der Waals surface area contributed by atoms with Gasteiger partial charge in [-0.3, -0.25) is 9.69 Å². The summed E-state index contributed by atoms with van der Waals surface area (Å²) >= 11 is 0. The molecule has 2 aromatic carbocycles. The molecule has 0 spiro atoms. The van der Waals surface area contributed by atoms with E-state index in [1.54, 1.807) is 0 Å². The summed E-state index contributed by atoms with van der Waals surface area (Å²) in [5.74, 6) is -0.383. The zero-order valence-corrected chi connectivity index (χ0v) is 19.3. The van der Waals surface area contributed by atoms with E-state index < -0.39 is 0 Å². The third-order valence-corrected chi connectivity index (χ3v) is 6.67. The highest BCUT2D eigenvalue weighted by Crippen LogP contribution is 2.36. The molecule has 2 heterocycles. The number of hydrogen-bond donors (Lipinski definition) is 1. The number of rotatable bonds is 7. The average Bonchev–Trinajstić information content (AvgIpc) is 2.81. The summed E-state index contributed by atoms with van der Waals surface area (Å²) in [6, 6.07) is 13.3.